The van der Waals surface area contributed by atoms with E-state index in [0.29, 0.717) is 19.4 Å². The van der Waals surface area contributed by atoms with Gasteiger partial charge in [0.05, 0.1) is 0 Å². The zero-order valence-electron chi connectivity index (χ0n) is 17.0. The average molecular weight is 430 g/mol. The fourth-order valence-electron chi connectivity index (χ4n) is 4.30. The summed E-state index contributed by atoms with van der Waals surface area (Å²) in [7, 11) is 0. The molecule has 0 radical (unpaired) electrons. The zero-order valence-corrected chi connectivity index (χ0v) is 17.0. The summed E-state index contributed by atoms with van der Waals surface area (Å²) in [6, 6.07) is 12.3. The van der Waals surface area contributed by atoms with Crippen molar-refractivity contribution in [2.45, 2.75) is 50.5 Å². The smallest absolute Gasteiger partial charge is 0.351 e. The summed E-state index contributed by atoms with van der Waals surface area (Å²) >= 11 is 0. The Morgan fingerprint density at radius 3 is 2.68 bits per heavy atom. The van der Waals surface area contributed by atoms with Crippen LogP contribution in [-0.2, 0) is 6.54 Å². The molecule has 4 rings (SSSR count). The van der Waals surface area contributed by atoms with E-state index in [9.17, 15) is 18.0 Å². The first-order valence-electron chi connectivity index (χ1n) is 10.5. The van der Waals surface area contributed by atoms with Gasteiger partial charge in [0.1, 0.15) is 12.2 Å². The average Bonchev–Trinajstić information content (AvgIpc) is 3.20. The minimum atomic E-state index is -4.46. The number of benzene rings is 1. The molecular formula is C23H25F3N4O. The van der Waals surface area contributed by atoms with Crippen molar-refractivity contribution >= 4 is 16.8 Å². The maximum atomic E-state index is 13.4. The lowest BCUT2D eigenvalue weighted by Crippen LogP contribution is -2.50. The van der Waals surface area contributed by atoms with Crippen LogP contribution in [0.4, 0.5) is 13.2 Å². The molecule has 1 aliphatic rings. The Morgan fingerprint density at radius 1 is 1.16 bits per heavy atom. The summed E-state index contributed by atoms with van der Waals surface area (Å²) in [6.07, 6.45) is 1.67. The number of hydrogen-bond acceptors (Lipinski definition) is 3. The number of rotatable bonds is 6. The van der Waals surface area contributed by atoms with Gasteiger partial charge in [-0.05, 0) is 55.5 Å². The molecule has 0 unspecified atom stereocenters. The van der Waals surface area contributed by atoms with E-state index in [2.05, 4.69) is 15.3 Å². The molecule has 0 spiro atoms. The second-order valence-corrected chi connectivity index (χ2v) is 8.07. The predicted molar refractivity (Wildman–Crippen MR) is 113 cm³/mol. The Labute approximate surface area is 178 Å². The molecule has 31 heavy (non-hydrogen) atoms. The lowest BCUT2D eigenvalue weighted by molar-refractivity contribution is -0.146. The molecule has 5 nitrogen and oxygen atoms in total. The van der Waals surface area contributed by atoms with Gasteiger partial charge in [0.25, 0.3) is 5.91 Å². The van der Waals surface area contributed by atoms with E-state index in [4.69, 9.17) is 0 Å². The number of amides is 1. The van der Waals surface area contributed by atoms with Gasteiger partial charge in [0.15, 0.2) is 0 Å². The summed E-state index contributed by atoms with van der Waals surface area (Å²) in [5, 5.41) is 4.23. The highest BCUT2D eigenvalue weighted by Crippen LogP contribution is 2.29. The van der Waals surface area contributed by atoms with Crippen molar-refractivity contribution in [2.75, 3.05) is 6.54 Å². The molecule has 2 atom stereocenters. The van der Waals surface area contributed by atoms with Crippen molar-refractivity contribution in [1.82, 2.24) is 20.2 Å². The molecule has 0 bridgehead atoms. The standard InChI is InChI=1S/C23H25F3N4O/c24-23(25,26)15-30(22(31)21-12-17-4-1-2-7-20(17)29-21)19-6-3-5-18(13-19)28-14-16-8-10-27-11-9-16/h1-2,4,7-12,18-19,28-29H,3,5-6,13-15H2/t18-,19+/m1/s1. The summed E-state index contributed by atoms with van der Waals surface area (Å²) < 4.78 is 40.1. The molecule has 1 aromatic carbocycles. The molecular weight excluding hydrogens is 405 g/mol. The van der Waals surface area contributed by atoms with E-state index in [1.165, 1.54) is 0 Å². The van der Waals surface area contributed by atoms with Crippen molar-refractivity contribution in [3.05, 3.63) is 66.1 Å². The molecule has 2 heterocycles. The van der Waals surface area contributed by atoms with Gasteiger partial charge >= 0.3 is 6.18 Å². The molecule has 3 aromatic rings. The summed E-state index contributed by atoms with van der Waals surface area (Å²) in [4.78, 5) is 21.1. The van der Waals surface area contributed by atoms with Crippen LogP contribution < -0.4 is 5.32 Å². The first kappa shape index (κ1) is 21.4. The Bertz CT molecular complexity index is 985. The predicted octanol–water partition coefficient (Wildman–Crippen LogP) is 4.67. The van der Waals surface area contributed by atoms with Crippen LogP contribution in [0.15, 0.2) is 54.9 Å². The number of carbonyl (C=O) groups is 1. The van der Waals surface area contributed by atoms with Gasteiger partial charge in [0.2, 0.25) is 0 Å². The molecule has 1 amide bonds. The van der Waals surface area contributed by atoms with E-state index in [-0.39, 0.29) is 11.7 Å². The number of hydrogen-bond donors (Lipinski definition) is 2. The Kier molecular flexibility index (Phi) is 6.27. The van der Waals surface area contributed by atoms with E-state index >= 15 is 0 Å². The SMILES string of the molecule is O=C(c1cc2ccccc2[nH]1)N(CC(F)(F)F)[C@H]1CCC[C@@H](NCc2ccncc2)C1. The minimum Gasteiger partial charge on any atom is -0.351 e. The number of para-hydroxylation sites is 1. The van der Waals surface area contributed by atoms with Gasteiger partial charge in [-0.3, -0.25) is 9.78 Å². The number of aromatic nitrogens is 2. The van der Waals surface area contributed by atoms with Gasteiger partial charge in [-0.25, -0.2) is 0 Å². The largest absolute Gasteiger partial charge is 0.406 e. The van der Waals surface area contributed by atoms with Crippen LogP contribution in [-0.4, -0.2) is 45.6 Å². The van der Waals surface area contributed by atoms with Crippen LogP contribution in [0.2, 0.25) is 0 Å². The fraction of sp³-hybridized carbons (Fsp3) is 0.391. The van der Waals surface area contributed by atoms with E-state index < -0.39 is 24.7 Å². The Balaban J connectivity index is 1.50. The molecule has 0 saturated heterocycles. The van der Waals surface area contributed by atoms with Crippen LogP contribution >= 0.6 is 0 Å². The van der Waals surface area contributed by atoms with Crippen molar-refractivity contribution in [1.29, 1.82) is 0 Å². The van der Waals surface area contributed by atoms with Crippen LogP contribution in [0.3, 0.4) is 0 Å². The molecule has 1 aliphatic carbocycles. The summed E-state index contributed by atoms with van der Waals surface area (Å²) in [5.41, 5.74) is 1.99. The summed E-state index contributed by atoms with van der Waals surface area (Å²) in [5.74, 6) is -0.603. The third-order valence-corrected chi connectivity index (χ3v) is 5.80. The molecule has 2 aromatic heterocycles. The van der Waals surface area contributed by atoms with Gasteiger partial charge in [-0.1, -0.05) is 18.2 Å². The molecule has 1 fully saturated rings. The fourth-order valence-corrected chi connectivity index (χ4v) is 4.30. The lowest BCUT2D eigenvalue weighted by Gasteiger charge is -2.38. The van der Waals surface area contributed by atoms with Crippen LogP contribution in [0.1, 0.15) is 41.7 Å². The number of nitrogens with one attached hydrogen (secondary N) is 2. The van der Waals surface area contributed by atoms with Crippen molar-refractivity contribution < 1.29 is 18.0 Å². The Hall–Kier alpha value is -2.87. The zero-order chi connectivity index (χ0) is 21.8. The van der Waals surface area contributed by atoms with Crippen LogP contribution in [0, 0.1) is 0 Å². The van der Waals surface area contributed by atoms with Crippen molar-refractivity contribution in [2.24, 2.45) is 0 Å². The number of H-pyrrole nitrogens is 1. The maximum Gasteiger partial charge on any atom is 0.406 e. The number of pyridine rings is 1. The Morgan fingerprint density at radius 2 is 1.94 bits per heavy atom. The van der Waals surface area contributed by atoms with Crippen LogP contribution in [0.5, 0.6) is 0 Å². The van der Waals surface area contributed by atoms with E-state index in [0.717, 1.165) is 34.2 Å². The first-order chi connectivity index (χ1) is 14.9. The third kappa shape index (κ3) is 5.44. The van der Waals surface area contributed by atoms with E-state index in [1.54, 1.807) is 24.5 Å². The topological polar surface area (TPSA) is 61.0 Å². The normalized spacial score (nSPS) is 19.5. The number of halogens is 3. The maximum absolute atomic E-state index is 13.4. The number of nitrogens with zero attached hydrogens (tertiary/aromatic N) is 2. The molecule has 2 N–H and O–H groups in total. The quantitative estimate of drug-likeness (QED) is 0.598. The molecule has 164 valence electrons. The number of fused-ring (bicyclic) bond motifs is 1. The molecule has 8 heteroatoms. The molecule has 0 aliphatic heterocycles. The van der Waals surface area contributed by atoms with Gasteiger partial charge < -0.3 is 15.2 Å². The van der Waals surface area contributed by atoms with Crippen LogP contribution in [0.25, 0.3) is 10.9 Å². The molecule has 1 saturated carbocycles. The highest BCUT2D eigenvalue weighted by Gasteiger charge is 2.39. The van der Waals surface area contributed by atoms with Crippen molar-refractivity contribution in [3.63, 3.8) is 0 Å². The number of alkyl halides is 3. The van der Waals surface area contributed by atoms with Gasteiger partial charge in [0, 0.05) is 41.9 Å². The van der Waals surface area contributed by atoms with Gasteiger partial charge in [-0.15, -0.1) is 0 Å². The van der Waals surface area contributed by atoms with Crippen molar-refractivity contribution in [3.8, 4) is 0 Å². The number of carbonyl (C=O) groups excluding carboxylic acids is 1. The lowest BCUT2D eigenvalue weighted by atomic mass is 9.89. The second kappa shape index (κ2) is 9.09. The third-order valence-electron chi connectivity index (χ3n) is 5.80. The monoisotopic (exact) mass is 430 g/mol. The highest BCUT2D eigenvalue weighted by molar-refractivity contribution is 5.98. The number of aromatic amines is 1. The van der Waals surface area contributed by atoms with E-state index in [1.807, 2.05) is 30.3 Å². The first-order valence-corrected chi connectivity index (χ1v) is 10.5. The van der Waals surface area contributed by atoms with Gasteiger partial charge in [-0.2, -0.15) is 13.2 Å². The minimum absolute atomic E-state index is 0.0539. The highest BCUT2D eigenvalue weighted by atomic mass is 19.4. The second-order valence-electron chi connectivity index (χ2n) is 8.07. The summed E-state index contributed by atoms with van der Waals surface area (Å²) in [6.45, 7) is -0.627.